The molecular weight excluding hydrogens is 400 g/mol. The zero-order valence-electron chi connectivity index (χ0n) is 18.4. The molecule has 0 bridgehead atoms. The first-order chi connectivity index (χ1) is 15.6. The minimum Gasteiger partial charge on any atom is -0.475 e. The molecule has 0 aliphatic carbocycles. The van der Waals surface area contributed by atoms with Crippen molar-refractivity contribution in [3.8, 4) is 22.6 Å². The van der Waals surface area contributed by atoms with E-state index >= 15 is 0 Å². The topological polar surface area (TPSA) is 43.3 Å². The lowest BCUT2D eigenvalue weighted by molar-refractivity contribution is 0.174. The molecule has 0 spiro atoms. The van der Waals surface area contributed by atoms with E-state index < -0.39 is 0 Å². The van der Waals surface area contributed by atoms with Gasteiger partial charge in [-0.25, -0.2) is 4.99 Å². The molecule has 3 aliphatic heterocycles. The smallest absolute Gasteiger partial charge is 0.231 e. The average Bonchev–Trinajstić information content (AvgIpc) is 3.51. The lowest BCUT2D eigenvalue weighted by atomic mass is 9.95. The van der Waals surface area contributed by atoms with E-state index in [2.05, 4.69) is 73.3 Å². The van der Waals surface area contributed by atoms with Gasteiger partial charge in [0.25, 0.3) is 0 Å². The first-order valence-corrected chi connectivity index (χ1v) is 11.2. The van der Waals surface area contributed by atoms with Crippen LogP contribution in [0.4, 0.5) is 5.69 Å². The van der Waals surface area contributed by atoms with Crippen molar-refractivity contribution in [3.05, 3.63) is 77.4 Å². The molecule has 6 rings (SSSR count). The molecule has 3 aromatic carbocycles. The largest absolute Gasteiger partial charge is 0.475 e. The van der Waals surface area contributed by atoms with Crippen molar-refractivity contribution in [1.29, 1.82) is 0 Å². The van der Waals surface area contributed by atoms with E-state index in [0.29, 0.717) is 12.5 Å². The Kier molecular flexibility index (Phi) is 4.39. The monoisotopic (exact) mass is 426 g/mol. The Hall–Kier alpha value is -3.47. The molecule has 0 N–H and O–H groups in total. The van der Waals surface area contributed by atoms with Crippen LogP contribution in [0.1, 0.15) is 30.5 Å². The second-order valence-electron chi connectivity index (χ2n) is 9.24. The van der Waals surface area contributed by atoms with Crippen molar-refractivity contribution in [2.45, 2.75) is 32.4 Å². The number of ether oxygens (including phenoxy) is 3. The predicted octanol–water partition coefficient (Wildman–Crippen LogP) is 5.20. The molecule has 0 radical (unpaired) electrons. The third kappa shape index (κ3) is 3.29. The fourth-order valence-corrected chi connectivity index (χ4v) is 4.78. The molecule has 0 fully saturated rings. The molecule has 0 unspecified atom stereocenters. The number of benzene rings is 3. The zero-order chi connectivity index (χ0) is 21.7. The summed E-state index contributed by atoms with van der Waals surface area (Å²) in [6.45, 7) is 6.89. The van der Waals surface area contributed by atoms with Gasteiger partial charge in [-0.2, -0.15) is 0 Å². The van der Waals surface area contributed by atoms with E-state index in [0.717, 1.165) is 42.1 Å². The highest BCUT2D eigenvalue weighted by atomic mass is 16.7. The van der Waals surface area contributed by atoms with Gasteiger partial charge in [-0.3, -0.25) is 0 Å². The summed E-state index contributed by atoms with van der Waals surface area (Å²) in [6.07, 6.45) is 1.04. The van der Waals surface area contributed by atoms with Crippen LogP contribution in [0.15, 0.2) is 65.7 Å². The van der Waals surface area contributed by atoms with E-state index in [4.69, 9.17) is 19.2 Å². The molecular formula is C27H26N2O3. The molecule has 0 saturated heterocycles. The summed E-state index contributed by atoms with van der Waals surface area (Å²) >= 11 is 0. The fourth-order valence-electron chi connectivity index (χ4n) is 4.78. The molecule has 0 saturated carbocycles. The SMILES string of the molecule is CC1(C)COC(c2cc3c(cc2-c2cccc4c2N(Cc2ccccc2)CC4)OCO3)=N1. The van der Waals surface area contributed by atoms with Gasteiger partial charge in [0.15, 0.2) is 11.5 Å². The third-order valence-electron chi connectivity index (χ3n) is 6.30. The summed E-state index contributed by atoms with van der Waals surface area (Å²) < 4.78 is 17.5. The Morgan fingerprint density at radius 3 is 2.41 bits per heavy atom. The first-order valence-electron chi connectivity index (χ1n) is 11.2. The van der Waals surface area contributed by atoms with E-state index in [1.165, 1.54) is 22.4 Å². The van der Waals surface area contributed by atoms with Gasteiger partial charge < -0.3 is 19.1 Å². The average molecular weight is 427 g/mol. The van der Waals surface area contributed by atoms with Crippen LogP contribution in [0.5, 0.6) is 11.5 Å². The van der Waals surface area contributed by atoms with Crippen LogP contribution in [-0.4, -0.2) is 31.4 Å². The van der Waals surface area contributed by atoms with Crippen LogP contribution in [-0.2, 0) is 17.7 Å². The lowest BCUT2D eigenvalue weighted by Crippen LogP contribution is -2.20. The summed E-state index contributed by atoms with van der Waals surface area (Å²) in [5.74, 6) is 2.19. The van der Waals surface area contributed by atoms with Crippen LogP contribution < -0.4 is 14.4 Å². The molecule has 3 aliphatic rings. The fraction of sp³-hybridized carbons (Fsp3) is 0.296. The van der Waals surface area contributed by atoms with Gasteiger partial charge in [-0.15, -0.1) is 0 Å². The van der Waals surface area contributed by atoms with Gasteiger partial charge in [0, 0.05) is 35.5 Å². The summed E-state index contributed by atoms with van der Waals surface area (Å²) in [5.41, 5.74) is 6.95. The number of hydrogen-bond acceptors (Lipinski definition) is 5. The van der Waals surface area contributed by atoms with Gasteiger partial charge in [-0.05, 0) is 43.5 Å². The molecule has 0 amide bonds. The van der Waals surface area contributed by atoms with Gasteiger partial charge in [0.05, 0.1) is 5.54 Å². The van der Waals surface area contributed by atoms with Crippen LogP contribution >= 0.6 is 0 Å². The van der Waals surface area contributed by atoms with Crippen molar-refractivity contribution in [3.63, 3.8) is 0 Å². The van der Waals surface area contributed by atoms with Gasteiger partial charge in [0.1, 0.15) is 6.61 Å². The number of nitrogens with zero attached hydrogens (tertiary/aromatic N) is 2. The van der Waals surface area contributed by atoms with Crippen molar-refractivity contribution >= 4 is 11.6 Å². The summed E-state index contributed by atoms with van der Waals surface area (Å²) in [5, 5.41) is 0. The zero-order valence-corrected chi connectivity index (χ0v) is 18.4. The number of hydrogen-bond donors (Lipinski definition) is 0. The quantitative estimate of drug-likeness (QED) is 0.575. The minimum absolute atomic E-state index is 0.235. The van der Waals surface area contributed by atoms with Gasteiger partial charge in [-0.1, -0.05) is 48.5 Å². The number of rotatable bonds is 4. The standard InChI is InChI=1S/C27H26N2O3/c1-27(2)16-30-26(28-27)22-14-24-23(31-17-32-24)13-21(22)20-10-6-9-19-11-12-29(25(19)20)15-18-7-4-3-5-8-18/h3-10,13-14H,11-12,15-17H2,1-2H3. The van der Waals surface area contributed by atoms with Crippen molar-refractivity contribution < 1.29 is 14.2 Å². The molecule has 0 atom stereocenters. The minimum atomic E-state index is -0.235. The van der Waals surface area contributed by atoms with Gasteiger partial charge >= 0.3 is 0 Å². The van der Waals surface area contributed by atoms with Crippen molar-refractivity contribution in [1.82, 2.24) is 0 Å². The van der Waals surface area contributed by atoms with Crippen LogP contribution in [0.3, 0.4) is 0 Å². The van der Waals surface area contributed by atoms with E-state index in [-0.39, 0.29) is 12.3 Å². The van der Waals surface area contributed by atoms with Crippen molar-refractivity contribution in [2.75, 3.05) is 24.8 Å². The molecule has 3 aromatic rings. The van der Waals surface area contributed by atoms with Crippen molar-refractivity contribution in [2.24, 2.45) is 4.99 Å². The highest BCUT2D eigenvalue weighted by Crippen LogP contribution is 2.45. The Morgan fingerprint density at radius 1 is 0.875 bits per heavy atom. The molecule has 3 heterocycles. The lowest BCUT2D eigenvalue weighted by Gasteiger charge is -2.23. The van der Waals surface area contributed by atoms with E-state index in [1.54, 1.807) is 0 Å². The third-order valence-corrected chi connectivity index (χ3v) is 6.30. The Labute approximate surface area is 188 Å². The molecule has 0 aromatic heterocycles. The van der Waals surface area contributed by atoms with Crippen LogP contribution in [0.2, 0.25) is 0 Å². The highest BCUT2D eigenvalue weighted by Gasteiger charge is 2.32. The van der Waals surface area contributed by atoms with E-state index in [1.807, 2.05) is 6.07 Å². The summed E-state index contributed by atoms with van der Waals surface area (Å²) in [4.78, 5) is 7.35. The normalized spacial score (nSPS) is 17.8. The second-order valence-corrected chi connectivity index (χ2v) is 9.24. The maximum absolute atomic E-state index is 6.06. The highest BCUT2D eigenvalue weighted by molar-refractivity contribution is 6.04. The second kappa shape index (κ2) is 7.30. The molecule has 162 valence electrons. The maximum Gasteiger partial charge on any atom is 0.231 e. The Bertz CT molecular complexity index is 1220. The molecule has 5 heteroatoms. The van der Waals surface area contributed by atoms with Crippen LogP contribution in [0.25, 0.3) is 11.1 Å². The summed E-state index contributed by atoms with van der Waals surface area (Å²) in [6, 6.07) is 21.3. The summed E-state index contributed by atoms with van der Waals surface area (Å²) in [7, 11) is 0. The predicted molar refractivity (Wildman–Crippen MR) is 126 cm³/mol. The maximum atomic E-state index is 6.06. The van der Waals surface area contributed by atoms with E-state index in [9.17, 15) is 0 Å². The number of fused-ring (bicyclic) bond motifs is 2. The number of anilines is 1. The Balaban J connectivity index is 1.49. The van der Waals surface area contributed by atoms with Crippen LogP contribution in [0, 0.1) is 0 Å². The number of para-hydroxylation sites is 1. The van der Waals surface area contributed by atoms with Gasteiger partial charge in [0.2, 0.25) is 12.7 Å². The molecule has 32 heavy (non-hydrogen) atoms. The Morgan fingerprint density at radius 2 is 1.66 bits per heavy atom. The first kappa shape index (κ1) is 19.2. The number of aliphatic imine (C=N–C) groups is 1. The molecule has 5 nitrogen and oxygen atoms in total.